The molecule has 0 aliphatic rings. The molecule has 0 saturated carbocycles. The third kappa shape index (κ3) is 1.76. The Morgan fingerprint density at radius 2 is 1.71 bits per heavy atom. The van der Waals surface area contributed by atoms with Crippen LogP contribution in [0.3, 0.4) is 0 Å². The summed E-state index contributed by atoms with van der Waals surface area (Å²) in [6.45, 7) is 0. The lowest BCUT2D eigenvalue weighted by molar-refractivity contribution is 0.220. The summed E-state index contributed by atoms with van der Waals surface area (Å²) in [7, 11) is 0. The highest BCUT2D eigenvalue weighted by Gasteiger charge is 2.07. The third-order valence-electron chi connectivity index (χ3n) is 2.11. The number of aliphatic hydroxyl groups excluding tert-OH is 1. The van der Waals surface area contributed by atoms with Crippen molar-refractivity contribution in [3.8, 4) is 0 Å². The fourth-order valence-electron chi connectivity index (χ4n) is 1.36. The van der Waals surface area contributed by atoms with E-state index >= 15 is 0 Å². The summed E-state index contributed by atoms with van der Waals surface area (Å²) in [5, 5.41) is 9.96. The predicted molar refractivity (Wildman–Crippen MR) is 54.6 cm³/mol. The minimum atomic E-state index is -0.568. The number of rotatable bonds is 2. The Morgan fingerprint density at radius 3 is 2.36 bits per heavy atom. The van der Waals surface area contributed by atoms with Crippen molar-refractivity contribution in [3.63, 3.8) is 0 Å². The van der Waals surface area contributed by atoms with Gasteiger partial charge >= 0.3 is 0 Å². The maximum Gasteiger partial charge on any atom is 0.105 e. The van der Waals surface area contributed by atoms with Crippen LogP contribution in [-0.2, 0) is 0 Å². The molecule has 68 valence electrons. The topological polar surface area (TPSA) is 20.2 Å². The van der Waals surface area contributed by atoms with E-state index in [4.69, 9.17) is 0 Å². The zero-order valence-corrected chi connectivity index (χ0v) is 7.64. The zero-order valence-electron chi connectivity index (χ0n) is 7.64. The van der Waals surface area contributed by atoms with Gasteiger partial charge in [0.15, 0.2) is 0 Å². The molecule has 1 atom stereocenters. The van der Waals surface area contributed by atoms with Crippen molar-refractivity contribution in [2.24, 2.45) is 0 Å². The van der Waals surface area contributed by atoms with Crippen molar-refractivity contribution in [1.29, 1.82) is 0 Å². The van der Waals surface area contributed by atoms with Crippen molar-refractivity contribution in [2.75, 3.05) is 0 Å². The highest BCUT2D eigenvalue weighted by molar-refractivity contribution is 5.27. The van der Waals surface area contributed by atoms with Crippen molar-refractivity contribution < 1.29 is 5.11 Å². The van der Waals surface area contributed by atoms with Gasteiger partial charge in [-0.05, 0) is 29.3 Å². The lowest BCUT2D eigenvalue weighted by Crippen LogP contribution is -1.97. The molecule has 1 nitrogen and oxygen atoms in total. The van der Waals surface area contributed by atoms with E-state index in [2.05, 4.69) is 12.1 Å². The van der Waals surface area contributed by atoms with Crippen LogP contribution in [0, 0.1) is 12.1 Å². The second-order valence-electron chi connectivity index (χ2n) is 3.08. The summed E-state index contributed by atoms with van der Waals surface area (Å²) >= 11 is 0. The maximum absolute atomic E-state index is 9.96. The lowest BCUT2D eigenvalue weighted by atomic mass is 10.0. The molecule has 1 N–H and O–H groups in total. The van der Waals surface area contributed by atoms with Gasteiger partial charge in [0.1, 0.15) is 6.10 Å². The third-order valence-corrected chi connectivity index (χ3v) is 2.11. The molecule has 0 bridgehead atoms. The molecule has 0 radical (unpaired) electrons. The highest BCUT2D eigenvalue weighted by Crippen LogP contribution is 2.19. The summed E-state index contributed by atoms with van der Waals surface area (Å²) in [4.78, 5) is 0. The molecule has 2 rings (SSSR count). The molecule has 0 heterocycles. The van der Waals surface area contributed by atoms with Crippen LogP contribution in [0.4, 0.5) is 0 Å². The average Bonchev–Trinajstić information content (AvgIpc) is 2.30. The second-order valence-corrected chi connectivity index (χ2v) is 3.08. The summed E-state index contributed by atoms with van der Waals surface area (Å²) in [6, 6.07) is 20.5. The molecule has 0 aromatic heterocycles. The van der Waals surface area contributed by atoms with Gasteiger partial charge in [0.25, 0.3) is 0 Å². The van der Waals surface area contributed by atoms with E-state index in [1.54, 1.807) is 12.1 Å². The first kappa shape index (κ1) is 8.80. The molecule has 0 fully saturated rings. The van der Waals surface area contributed by atoms with Crippen LogP contribution in [0.2, 0.25) is 0 Å². The Kier molecular flexibility index (Phi) is 2.48. The van der Waals surface area contributed by atoms with Gasteiger partial charge in [0.2, 0.25) is 0 Å². The zero-order chi connectivity index (χ0) is 9.80. The average molecular weight is 182 g/mol. The summed E-state index contributed by atoms with van der Waals surface area (Å²) < 4.78 is 0. The molecular formula is C13H10O. The van der Waals surface area contributed by atoms with Gasteiger partial charge in [0, 0.05) is 0 Å². The normalized spacial score (nSPS) is 9.86. The van der Waals surface area contributed by atoms with E-state index in [0.717, 1.165) is 11.1 Å². The van der Waals surface area contributed by atoms with Crippen LogP contribution < -0.4 is 0 Å². The molecular weight excluding hydrogens is 172 g/mol. The molecule has 14 heavy (non-hydrogen) atoms. The van der Waals surface area contributed by atoms with Crippen molar-refractivity contribution in [2.45, 2.75) is 6.10 Å². The fraction of sp³-hybridized carbons (Fsp3) is 0.0769. The lowest BCUT2D eigenvalue weighted by Gasteiger charge is -2.09. The molecule has 0 saturated heterocycles. The Labute approximate surface area is 83.6 Å². The van der Waals surface area contributed by atoms with Crippen LogP contribution in [-0.4, -0.2) is 5.11 Å². The number of hydrogen-bond donors (Lipinski definition) is 1. The number of aliphatic hydroxyl groups is 1. The summed E-state index contributed by atoms with van der Waals surface area (Å²) in [5.74, 6) is 0. The van der Waals surface area contributed by atoms with Gasteiger partial charge in [-0.15, -0.1) is 0 Å². The van der Waals surface area contributed by atoms with Crippen LogP contribution in [0.15, 0.2) is 48.5 Å². The molecule has 1 heteroatoms. The molecule has 0 aliphatic heterocycles. The standard InChI is InChI=1S/C13H10O/c14-13(11-7-3-1-4-8-11)12-9-5-2-6-10-12/h1,3-5,7-10,13-14H. The van der Waals surface area contributed by atoms with E-state index < -0.39 is 6.10 Å². The van der Waals surface area contributed by atoms with E-state index in [1.165, 1.54) is 0 Å². The van der Waals surface area contributed by atoms with E-state index in [0.29, 0.717) is 0 Å². The van der Waals surface area contributed by atoms with Gasteiger partial charge in [-0.25, -0.2) is 0 Å². The highest BCUT2D eigenvalue weighted by atomic mass is 16.3. The van der Waals surface area contributed by atoms with Gasteiger partial charge in [0.05, 0.1) is 0 Å². The molecule has 2 aromatic rings. The van der Waals surface area contributed by atoms with Gasteiger partial charge in [-0.2, -0.15) is 0 Å². The smallest absolute Gasteiger partial charge is 0.105 e. The minimum absolute atomic E-state index is 0.568. The van der Waals surface area contributed by atoms with E-state index in [9.17, 15) is 5.11 Å². The van der Waals surface area contributed by atoms with Crippen LogP contribution in [0.25, 0.3) is 0 Å². The van der Waals surface area contributed by atoms with Crippen LogP contribution >= 0.6 is 0 Å². The summed E-state index contributed by atoms with van der Waals surface area (Å²) in [6.07, 6.45) is -0.568. The van der Waals surface area contributed by atoms with E-state index in [1.807, 2.05) is 36.4 Å². The monoisotopic (exact) mass is 182 g/mol. The Bertz CT molecular complexity index is 341. The van der Waals surface area contributed by atoms with Gasteiger partial charge in [-0.1, -0.05) is 42.5 Å². The minimum Gasteiger partial charge on any atom is -0.384 e. The number of benzene rings is 1. The predicted octanol–water partition coefficient (Wildman–Crippen LogP) is 2.37. The second kappa shape index (κ2) is 3.95. The Hall–Kier alpha value is -1.78. The van der Waals surface area contributed by atoms with E-state index in [-0.39, 0.29) is 0 Å². The summed E-state index contributed by atoms with van der Waals surface area (Å²) in [5.41, 5.74) is 1.74. The number of hydrogen-bond acceptors (Lipinski definition) is 1. The first-order chi connectivity index (χ1) is 6.88. The Morgan fingerprint density at radius 1 is 0.929 bits per heavy atom. The van der Waals surface area contributed by atoms with Gasteiger partial charge < -0.3 is 5.11 Å². The molecule has 0 aliphatic carbocycles. The SMILES string of the molecule is OC(c1cc#ccc1)c1ccccc1. The molecule has 0 amide bonds. The first-order valence-corrected chi connectivity index (χ1v) is 4.48. The van der Waals surface area contributed by atoms with Crippen molar-refractivity contribution >= 4 is 0 Å². The quantitative estimate of drug-likeness (QED) is 0.756. The van der Waals surface area contributed by atoms with Crippen molar-refractivity contribution in [3.05, 3.63) is 71.8 Å². The van der Waals surface area contributed by atoms with Crippen LogP contribution in [0.1, 0.15) is 17.2 Å². The van der Waals surface area contributed by atoms with Crippen LogP contribution in [0.5, 0.6) is 0 Å². The molecule has 2 aromatic carbocycles. The Balaban J connectivity index is 2.30. The molecule has 0 spiro atoms. The van der Waals surface area contributed by atoms with Crippen molar-refractivity contribution in [1.82, 2.24) is 0 Å². The first-order valence-electron chi connectivity index (χ1n) is 4.48. The van der Waals surface area contributed by atoms with Gasteiger partial charge in [-0.3, -0.25) is 0 Å². The molecule has 1 unspecified atom stereocenters. The largest absolute Gasteiger partial charge is 0.384 e. The maximum atomic E-state index is 9.96. The fourth-order valence-corrected chi connectivity index (χ4v) is 1.36.